The number of aliphatic hydroxyl groups is 1. The molecule has 4 rings (SSSR count). The minimum Gasteiger partial charge on any atom is -0.507 e. The second-order valence-corrected chi connectivity index (χ2v) is 7.49. The number of carbonyl (C=O) groups excluding carboxylic acids is 2. The SMILES string of the molecule is Cc1ccc(C2/C(=C(/O)c3c[nH]c4ccccc34)C(=O)C(=O)N2CCN(C)C)o1. The molecule has 1 saturated heterocycles. The van der Waals surface area contributed by atoms with Crippen LogP contribution >= 0.6 is 0 Å². The summed E-state index contributed by atoms with van der Waals surface area (Å²) in [6.45, 7) is 2.72. The van der Waals surface area contributed by atoms with Crippen LogP contribution in [0.3, 0.4) is 0 Å². The summed E-state index contributed by atoms with van der Waals surface area (Å²) in [6.07, 6.45) is 1.65. The number of H-pyrrole nitrogens is 1. The molecule has 2 aromatic heterocycles. The number of likely N-dealkylation sites (tertiary alicyclic amines) is 1. The second kappa shape index (κ2) is 7.25. The fourth-order valence-corrected chi connectivity index (χ4v) is 3.73. The zero-order valence-corrected chi connectivity index (χ0v) is 16.6. The highest BCUT2D eigenvalue weighted by atomic mass is 16.3. The number of hydrogen-bond donors (Lipinski definition) is 2. The molecular formula is C22H23N3O4. The summed E-state index contributed by atoms with van der Waals surface area (Å²) in [5, 5.41) is 11.9. The van der Waals surface area contributed by atoms with Gasteiger partial charge in [-0.2, -0.15) is 0 Å². The van der Waals surface area contributed by atoms with E-state index in [2.05, 4.69) is 4.98 Å². The number of furan rings is 1. The van der Waals surface area contributed by atoms with E-state index in [1.165, 1.54) is 4.90 Å². The number of amides is 1. The Hall–Kier alpha value is -3.32. The van der Waals surface area contributed by atoms with Crippen LogP contribution < -0.4 is 0 Å². The van der Waals surface area contributed by atoms with Crippen molar-refractivity contribution in [3.63, 3.8) is 0 Å². The third-order valence-electron chi connectivity index (χ3n) is 5.20. The van der Waals surface area contributed by atoms with Gasteiger partial charge in [-0.05, 0) is 39.2 Å². The van der Waals surface area contributed by atoms with Crippen LogP contribution in [0.5, 0.6) is 0 Å². The van der Waals surface area contributed by atoms with Gasteiger partial charge in [0.15, 0.2) is 0 Å². The maximum absolute atomic E-state index is 12.9. The monoisotopic (exact) mass is 393 g/mol. The van der Waals surface area contributed by atoms with Crippen molar-refractivity contribution in [1.82, 2.24) is 14.8 Å². The second-order valence-electron chi connectivity index (χ2n) is 7.49. The van der Waals surface area contributed by atoms with E-state index in [4.69, 9.17) is 4.42 Å². The Morgan fingerprint density at radius 2 is 1.97 bits per heavy atom. The zero-order valence-electron chi connectivity index (χ0n) is 16.6. The molecule has 0 spiro atoms. The first-order valence-electron chi connectivity index (χ1n) is 9.44. The average Bonchev–Trinajstić information content (AvgIpc) is 3.37. The number of aryl methyl sites for hydroxylation is 1. The van der Waals surface area contributed by atoms with E-state index in [-0.39, 0.29) is 11.3 Å². The van der Waals surface area contributed by atoms with Gasteiger partial charge in [0.2, 0.25) is 0 Å². The van der Waals surface area contributed by atoms with Crippen molar-refractivity contribution in [2.75, 3.05) is 27.2 Å². The Morgan fingerprint density at radius 3 is 2.66 bits per heavy atom. The molecule has 0 aliphatic carbocycles. The van der Waals surface area contributed by atoms with Crippen molar-refractivity contribution >= 4 is 28.4 Å². The molecule has 1 amide bonds. The summed E-state index contributed by atoms with van der Waals surface area (Å²) in [5.74, 6) is -0.405. The van der Waals surface area contributed by atoms with Gasteiger partial charge in [0.1, 0.15) is 23.3 Å². The number of fused-ring (bicyclic) bond motifs is 1. The largest absolute Gasteiger partial charge is 0.507 e. The van der Waals surface area contributed by atoms with Crippen LogP contribution in [0.4, 0.5) is 0 Å². The number of nitrogens with zero attached hydrogens (tertiary/aromatic N) is 2. The highest BCUT2D eigenvalue weighted by molar-refractivity contribution is 6.46. The summed E-state index contributed by atoms with van der Waals surface area (Å²) < 4.78 is 5.77. The van der Waals surface area contributed by atoms with Crippen molar-refractivity contribution in [3.05, 3.63) is 65.3 Å². The predicted octanol–water partition coefficient (Wildman–Crippen LogP) is 3.05. The lowest BCUT2D eigenvalue weighted by molar-refractivity contribution is -0.140. The van der Waals surface area contributed by atoms with Gasteiger partial charge in [-0.25, -0.2) is 0 Å². The molecule has 2 N–H and O–H groups in total. The van der Waals surface area contributed by atoms with Gasteiger partial charge >= 0.3 is 0 Å². The summed E-state index contributed by atoms with van der Waals surface area (Å²) >= 11 is 0. The molecule has 7 heteroatoms. The molecule has 3 heterocycles. The summed E-state index contributed by atoms with van der Waals surface area (Å²) in [4.78, 5) is 32.3. The van der Waals surface area contributed by atoms with Crippen molar-refractivity contribution in [2.24, 2.45) is 0 Å². The maximum Gasteiger partial charge on any atom is 0.295 e. The van der Waals surface area contributed by atoms with E-state index in [9.17, 15) is 14.7 Å². The minimum atomic E-state index is -0.766. The van der Waals surface area contributed by atoms with E-state index in [0.29, 0.717) is 30.2 Å². The average molecular weight is 393 g/mol. The number of likely N-dealkylation sites (N-methyl/N-ethyl adjacent to an activating group) is 1. The van der Waals surface area contributed by atoms with Crippen LogP contribution in [-0.2, 0) is 9.59 Å². The molecule has 1 aliphatic heterocycles. The molecule has 150 valence electrons. The normalized spacial score (nSPS) is 19.0. The van der Waals surface area contributed by atoms with Crippen molar-refractivity contribution in [2.45, 2.75) is 13.0 Å². The molecule has 7 nitrogen and oxygen atoms in total. The van der Waals surface area contributed by atoms with Crippen LogP contribution in [0, 0.1) is 6.92 Å². The van der Waals surface area contributed by atoms with E-state index in [1.54, 1.807) is 25.3 Å². The van der Waals surface area contributed by atoms with Gasteiger partial charge in [-0.1, -0.05) is 18.2 Å². The Labute approximate surface area is 168 Å². The highest BCUT2D eigenvalue weighted by Crippen LogP contribution is 2.40. The van der Waals surface area contributed by atoms with Crippen molar-refractivity contribution < 1.29 is 19.1 Å². The fourth-order valence-electron chi connectivity index (χ4n) is 3.73. The predicted molar refractivity (Wildman–Crippen MR) is 109 cm³/mol. The molecule has 29 heavy (non-hydrogen) atoms. The summed E-state index contributed by atoms with van der Waals surface area (Å²) in [5.41, 5.74) is 1.37. The third-order valence-corrected chi connectivity index (χ3v) is 5.20. The number of Topliss-reactive ketones (excluding diaryl/α,β-unsaturated/α-hetero) is 1. The van der Waals surface area contributed by atoms with Gasteiger partial charge < -0.3 is 24.3 Å². The van der Waals surface area contributed by atoms with Gasteiger partial charge in [-0.15, -0.1) is 0 Å². The van der Waals surface area contributed by atoms with Crippen LogP contribution in [0.25, 0.3) is 16.7 Å². The van der Waals surface area contributed by atoms with E-state index in [1.807, 2.05) is 43.3 Å². The quantitative estimate of drug-likeness (QED) is 0.395. The van der Waals surface area contributed by atoms with Gasteiger partial charge in [0.05, 0.1) is 5.57 Å². The Balaban J connectivity index is 1.88. The molecule has 1 aromatic carbocycles. The molecular weight excluding hydrogens is 370 g/mol. The molecule has 3 aromatic rings. The number of aromatic nitrogens is 1. The Kier molecular flexibility index (Phi) is 4.76. The van der Waals surface area contributed by atoms with Gasteiger partial charge in [0.25, 0.3) is 11.7 Å². The lowest BCUT2D eigenvalue weighted by Crippen LogP contribution is -2.35. The number of aliphatic hydroxyl groups excluding tert-OH is 1. The lowest BCUT2D eigenvalue weighted by atomic mass is 9.99. The topological polar surface area (TPSA) is 89.8 Å². The number of ketones is 1. The molecule has 1 unspecified atom stereocenters. The number of benzene rings is 1. The minimum absolute atomic E-state index is 0.0489. The fraction of sp³-hybridized carbons (Fsp3) is 0.273. The van der Waals surface area contributed by atoms with Crippen LogP contribution in [-0.4, -0.2) is 58.8 Å². The van der Waals surface area contributed by atoms with Gasteiger partial charge in [-0.3, -0.25) is 9.59 Å². The van der Waals surface area contributed by atoms with E-state index >= 15 is 0 Å². The number of hydrogen-bond acceptors (Lipinski definition) is 5. The highest BCUT2D eigenvalue weighted by Gasteiger charge is 2.47. The molecule has 0 radical (unpaired) electrons. The number of aromatic amines is 1. The van der Waals surface area contributed by atoms with E-state index in [0.717, 1.165) is 10.9 Å². The standard InChI is InChI=1S/C22H23N3O4/c1-13-8-9-17(29-13)19-18(21(27)22(28)25(19)11-10-24(2)3)20(26)15-12-23-16-7-5-4-6-14(15)16/h4-9,12,19,23,26H,10-11H2,1-3H3/b20-18-. The van der Waals surface area contributed by atoms with Gasteiger partial charge in [0, 0.05) is 35.8 Å². The number of nitrogens with one attached hydrogen (secondary N) is 1. The van der Waals surface area contributed by atoms with Crippen LogP contribution in [0.2, 0.25) is 0 Å². The first-order chi connectivity index (χ1) is 13.9. The first kappa shape index (κ1) is 19.0. The maximum atomic E-state index is 12.9. The molecule has 0 bridgehead atoms. The van der Waals surface area contributed by atoms with Crippen molar-refractivity contribution in [3.8, 4) is 0 Å². The Bertz CT molecular complexity index is 1120. The van der Waals surface area contributed by atoms with Crippen LogP contribution in [0.1, 0.15) is 23.1 Å². The zero-order chi connectivity index (χ0) is 20.7. The number of rotatable bonds is 5. The number of para-hydroxylation sites is 1. The molecule has 1 fully saturated rings. The summed E-state index contributed by atoms with van der Waals surface area (Å²) in [6, 6.07) is 10.2. The third kappa shape index (κ3) is 3.23. The smallest absolute Gasteiger partial charge is 0.295 e. The number of carbonyl (C=O) groups is 2. The summed E-state index contributed by atoms with van der Waals surface area (Å²) in [7, 11) is 3.79. The lowest BCUT2D eigenvalue weighted by Gasteiger charge is -2.24. The molecule has 1 atom stereocenters. The van der Waals surface area contributed by atoms with Crippen molar-refractivity contribution in [1.29, 1.82) is 0 Å². The molecule has 1 aliphatic rings. The Morgan fingerprint density at radius 1 is 1.21 bits per heavy atom. The van der Waals surface area contributed by atoms with Crippen LogP contribution in [0.15, 0.2) is 52.6 Å². The molecule has 0 saturated carbocycles. The van der Waals surface area contributed by atoms with E-state index < -0.39 is 17.7 Å². The first-order valence-corrected chi connectivity index (χ1v) is 9.44.